The number of carbonyl (C=O) groups excluding carboxylic acids is 2. The first-order chi connectivity index (χ1) is 15.2. The first-order valence-corrected chi connectivity index (χ1v) is 10.0. The Labute approximate surface area is 192 Å². The largest absolute Gasteiger partial charge is 0.481 e. The lowest BCUT2D eigenvalue weighted by Crippen LogP contribution is -2.51. The summed E-state index contributed by atoms with van der Waals surface area (Å²) in [6.07, 6.45) is 0.0142. The van der Waals surface area contributed by atoms with Gasteiger partial charge in [0.2, 0.25) is 5.91 Å². The van der Waals surface area contributed by atoms with Crippen molar-refractivity contribution in [1.82, 2.24) is 16.0 Å². The maximum Gasteiger partial charge on any atom is 0.326 e. The maximum absolute atomic E-state index is 11.9. The van der Waals surface area contributed by atoms with Gasteiger partial charge in [0, 0.05) is 19.5 Å². The molecule has 2 atom stereocenters. The second-order valence-electron chi connectivity index (χ2n) is 6.63. The van der Waals surface area contributed by atoms with Crippen LogP contribution in [-0.2, 0) is 28.7 Å². The Morgan fingerprint density at radius 1 is 0.818 bits per heavy atom. The van der Waals surface area contributed by atoms with E-state index in [2.05, 4.69) is 10.6 Å². The third-order valence-corrected chi connectivity index (χ3v) is 3.96. The van der Waals surface area contributed by atoms with Crippen molar-refractivity contribution in [2.45, 2.75) is 51.6 Å². The van der Waals surface area contributed by atoms with Crippen molar-refractivity contribution >= 4 is 29.8 Å². The number of carbonyl (C=O) groups is 5. The first kappa shape index (κ1) is 32.2. The molecule has 0 aromatic heterocycles. The molecule has 33 heavy (non-hydrogen) atoms. The standard InChI is InChI=1S/C18H32N4O10.CH4/c19-6-8-31-9-10-32-11-14(23)20-7-2-1-3-12(16(26)27)21-18(30)22-13(17(28)29)4-5-15(24)25;/h12-13H,1-11,19H2,(H,20,23)(H,24,25)(H,26,27)(H,28,29)(H2,21,22,30);1H4. The van der Waals surface area contributed by atoms with E-state index in [1.807, 2.05) is 5.32 Å². The SMILES string of the molecule is C.NCCOCCOCC(=O)NCCCCC(NC(=O)NC(CCC(=O)O)C(=O)O)C(=O)O. The molecule has 8 N–H and O–H groups in total. The number of aliphatic carboxylic acids is 3. The number of carboxylic acid groups (broad SMARTS) is 3. The topological polar surface area (TPSA) is 227 Å². The van der Waals surface area contributed by atoms with Gasteiger partial charge in [0.15, 0.2) is 0 Å². The highest BCUT2D eigenvalue weighted by atomic mass is 16.5. The van der Waals surface area contributed by atoms with Gasteiger partial charge in [0.05, 0.1) is 19.8 Å². The minimum Gasteiger partial charge on any atom is -0.481 e. The van der Waals surface area contributed by atoms with Gasteiger partial charge in [-0.1, -0.05) is 7.43 Å². The molecule has 14 nitrogen and oxygen atoms in total. The Morgan fingerprint density at radius 2 is 1.39 bits per heavy atom. The number of rotatable bonds is 19. The highest BCUT2D eigenvalue weighted by molar-refractivity contribution is 5.86. The van der Waals surface area contributed by atoms with Crippen LogP contribution in [0.5, 0.6) is 0 Å². The first-order valence-electron chi connectivity index (χ1n) is 10.0. The summed E-state index contributed by atoms with van der Waals surface area (Å²) in [4.78, 5) is 56.4. The molecule has 2 unspecified atom stereocenters. The monoisotopic (exact) mass is 480 g/mol. The molecule has 0 aromatic rings. The number of hydrogen-bond acceptors (Lipinski definition) is 8. The van der Waals surface area contributed by atoms with Gasteiger partial charge in [0.1, 0.15) is 18.7 Å². The molecule has 0 fully saturated rings. The van der Waals surface area contributed by atoms with Crippen molar-refractivity contribution in [2.75, 3.05) is 39.5 Å². The molecule has 0 aliphatic carbocycles. The normalized spacial score (nSPS) is 12.0. The molecule has 0 aliphatic rings. The zero-order valence-corrected chi connectivity index (χ0v) is 17.7. The fraction of sp³-hybridized carbons (Fsp3) is 0.737. The highest BCUT2D eigenvalue weighted by Crippen LogP contribution is 2.03. The summed E-state index contributed by atoms with van der Waals surface area (Å²) in [5.74, 6) is -4.31. The van der Waals surface area contributed by atoms with Crippen molar-refractivity contribution in [1.29, 1.82) is 0 Å². The third-order valence-electron chi connectivity index (χ3n) is 3.96. The number of urea groups is 1. The molecule has 0 bridgehead atoms. The number of nitrogens with one attached hydrogen (secondary N) is 3. The predicted octanol–water partition coefficient (Wildman–Crippen LogP) is -1.03. The van der Waals surface area contributed by atoms with E-state index in [0.717, 1.165) is 0 Å². The Bertz CT molecular complexity index is 617. The molecular formula is C19H36N4O10. The zero-order chi connectivity index (χ0) is 24.4. The molecule has 0 aromatic carbocycles. The van der Waals surface area contributed by atoms with Gasteiger partial charge < -0.3 is 46.5 Å². The van der Waals surface area contributed by atoms with Crippen molar-refractivity contribution in [3.05, 3.63) is 0 Å². The van der Waals surface area contributed by atoms with Gasteiger partial charge in [0.25, 0.3) is 0 Å². The van der Waals surface area contributed by atoms with E-state index in [9.17, 15) is 29.1 Å². The summed E-state index contributed by atoms with van der Waals surface area (Å²) in [5, 5.41) is 33.7. The number of ether oxygens (including phenoxy) is 2. The molecule has 3 amide bonds. The average molecular weight is 481 g/mol. The van der Waals surface area contributed by atoms with Crippen LogP contribution in [-0.4, -0.2) is 96.8 Å². The van der Waals surface area contributed by atoms with Gasteiger partial charge in [-0.05, 0) is 25.7 Å². The van der Waals surface area contributed by atoms with Crippen LogP contribution in [0.1, 0.15) is 39.5 Å². The van der Waals surface area contributed by atoms with Crippen LogP contribution < -0.4 is 21.7 Å². The quantitative estimate of drug-likeness (QED) is 0.111. The van der Waals surface area contributed by atoms with Crippen molar-refractivity contribution < 1.29 is 48.8 Å². The molecule has 0 heterocycles. The van der Waals surface area contributed by atoms with Crippen LogP contribution >= 0.6 is 0 Å². The van der Waals surface area contributed by atoms with E-state index in [1.54, 1.807) is 0 Å². The van der Waals surface area contributed by atoms with Crippen LogP contribution in [0.2, 0.25) is 0 Å². The summed E-state index contributed by atoms with van der Waals surface area (Å²) >= 11 is 0. The summed E-state index contributed by atoms with van der Waals surface area (Å²) in [6.45, 7) is 1.53. The summed E-state index contributed by atoms with van der Waals surface area (Å²) < 4.78 is 10.2. The minimum absolute atomic E-state index is 0. The van der Waals surface area contributed by atoms with E-state index >= 15 is 0 Å². The maximum atomic E-state index is 11.9. The average Bonchev–Trinajstić information content (AvgIpc) is 2.71. The number of unbranched alkanes of at least 4 members (excludes halogenated alkanes) is 1. The van der Waals surface area contributed by atoms with Crippen LogP contribution in [0.4, 0.5) is 4.79 Å². The van der Waals surface area contributed by atoms with E-state index in [-0.39, 0.29) is 45.9 Å². The minimum atomic E-state index is -1.47. The fourth-order valence-electron chi connectivity index (χ4n) is 2.36. The zero-order valence-electron chi connectivity index (χ0n) is 17.7. The van der Waals surface area contributed by atoms with Crippen molar-refractivity contribution in [3.63, 3.8) is 0 Å². The molecule has 192 valence electrons. The number of amides is 3. The lowest BCUT2D eigenvalue weighted by Gasteiger charge is -2.18. The van der Waals surface area contributed by atoms with E-state index in [1.165, 1.54) is 0 Å². The Hall–Kier alpha value is -2.97. The molecule has 14 heteroatoms. The summed E-state index contributed by atoms with van der Waals surface area (Å²) in [7, 11) is 0. The summed E-state index contributed by atoms with van der Waals surface area (Å²) in [5.41, 5.74) is 5.25. The molecule has 0 aliphatic heterocycles. The second-order valence-corrected chi connectivity index (χ2v) is 6.63. The third kappa shape index (κ3) is 18.3. The van der Waals surface area contributed by atoms with Crippen molar-refractivity contribution in [2.24, 2.45) is 5.73 Å². The van der Waals surface area contributed by atoms with Crippen LogP contribution in [0, 0.1) is 0 Å². The lowest BCUT2D eigenvalue weighted by atomic mass is 10.1. The van der Waals surface area contributed by atoms with Crippen molar-refractivity contribution in [3.8, 4) is 0 Å². The molecular weight excluding hydrogens is 444 g/mol. The Balaban J connectivity index is 0. The predicted molar refractivity (Wildman–Crippen MR) is 116 cm³/mol. The summed E-state index contributed by atoms with van der Waals surface area (Å²) in [6, 6.07) is -3.78. The smallest absolute Gasteiger partial charge is 0.326 e. The molecule has 0 spiro atoms. The van der Waals surface area contributed by atoms with Gasteiger partial charge in [-0.25, -0.2) is 14.4 Å². The van der Waals surface area contributed by atoms with Gasteiger partial charge in [-0.3, -0.25) is 9.59 Å². The van der Waals surface area contributed by atoms with Crippen LogP contribution in [0.3, 0.4) is 0 Å². The number of nitrogens with two attached hydrogens (primary N) is 1. The van der Waals surface area contributed by atoms with Gasteiger partial charge >= 0.3 is 23.9 Å². The van der Waals surface area contributed by atoms with Gasteiger partial charge in [-0.15, -0.1) is 0 Å². The van der Waals surface area contributed by atoms with Crippen LogP contribution in [0.25, 0.3) is 0 Å². The van der Waals surface area contributed by atoms with E-state index in [0.29, 0.717) is 32.6 Å². The van der Waals surface area contributed by atoms with Crippen LogP contribution in [0.15, 0.2) is 0 Å². The second kappa shape index (κ2) is 19.7. The fourth-order valence-corrected chi connectivity index (χ4v) is 2.36. The molecule has 0 rings (SSSR count). The molecule has 0 radical (unpaired) electrons. The number of carboxylic acids is 3. The molecule has 0 saturated carbocycles. The van der Waals surface area contributed by atoms with Gasteiger partial charge in [-0.2, -0.15) is 0 Å². The lowest BCUT2D eigenvalue weighted by molar-refractivity contribution is -0.140. The highest BCUT2D eigenvalue weighted by Gasteiger charge is 2.24. The van der Waals surface area contributed by atoms with E-state index in [4.69, 9.17) is 25.4 Å². The Morgan fingerprint density at radius 3 is 1.94 bits per heavy atom. The molecule has 0 saturated heterocycles. The Kier molecular flexibility index (Phi) is 19.2. The number of hydrogen-bond donors (Lipinski definition) is 7. The van der Waals surface area contributed by atoms with E-state index < -0.39 is 42.4 Å².